The molecule has 1 N–H and O–H groups in total. The molecular weight excluding hydrogens is 430 g/mol. The summed E-state index contributed by atoms with van der Waals surface area (Å²) in [5, 5.41) is 7.35. The number of hydrogen-bond donors (Lipinski definition) is 1. The number of benzene rings is 2. The number of ether oxygens (including phenoxy) is 1. The number of rotatable bonds is 8. The van der Waals surface area contributed by atoms with Crippen LogP contribution >= 0.6 is 0 Å². The number of nitrogens with zero attached hydrogens (tertiary/aromatic N) is 2. The average molecular weight is 454 g/mol. The first-order valence-corrected chi connectivity index (χ1v) is 12.0. The first-order chi connectivity index (χ1) is 15.4. The number of carbonyl (C=O) groups excluding carboxylic acids is 2. The number of sulfone groups is 1. The smallest absolute Gasteiger partial charge is 0.339 e. The van der Waals surface area contributed by atoms with Gasteiger partial charge in [0.15, 0.2) is 16.4 Å². The minimum atomic E-state index is -3.61. The molecule has 3 aromatic rings. The molecule has 1 aliphatic rings. The summed E-state index contributed by atoms with van der Waals surface area (Å²) in [6.45, 7) is 0.939. The molecule has 9 heteroatoms. The van der Waals surface area contributed by atoms with Gasteiger partial charge in [-0.3, -0.25) is 4.79 Å². The van der Waals surface area contributed by atoms with Crippen molar-refractivity contribution in [2.75, 3.05) is 17.7 Å². The Hall–Kier alpha value is -3.46. The van der Waals surface area contributed by atoms with Gasteiger partial charge in [-0.05, 0) is 37.1 Å². The molecule has 0 bridgehead atoms. The van der Waals surface area contributed by atoms with Crippen LogP contribution in [-0.4, -0.2) is 42.4 Å². The van der Waals surface area contributed by atoms with E-state index in [9.17, 15) is 18.0 Å². The highest BCUT2D eigenvalue weighted by atomic mass is 32.2. The normalized spacial score (nSPS) is 13.5. The molecule has 4 rings (SSSR count). The topological polar surface area (TPSA) is 107 Å². The molecule has 0 spiro atoms. The Morgan fingerprint density at radius 3 is 2.47 bits per heavy atom. The van der Waals surface area contributed by atoms with Gasteiger partial charge in [0.2, 0.25) is 0 Å². The summed E-state index contributed by atoms with van der Waals surface area (Å²) in [6.07, 6.45) is 2.13. The zero-order chi connectivity index (χ0) is 22.7. The Kier molecular flexibility index (Phi) is 6.09. The van der Waals surface area contributed by atoms with Crippen LogP contribution in [0.1, 0.15) is 41.7 Å². The fourth-order valence-corrected chi connectivity index (χ4v) is 4.37. The van der Waals surface area contributed by atoms with E-state index in [1.807, 2.05) is 36.4 Å². The zero-order valence-corrected chi connectivity index (χ0v) is 18.3. The Morgan fingerprint density at radius 1 is 1.09 bits per heavy atom. The first-order valence-electron chi connectivity index (χ1n) is 10.3. The van der Waals surface area contributed by atoms with Crippen molar-refractivity contribution in [3.63, 3.8) is 0 Å². The van der Waals surface area contributed by atoms with Gasteiger partial charge in [-0.15, -0.1) is 0 Å². The van der Waals surface area contributed by atoms with Crippen molar-refractivity contribution in [3.05, 3.63) is 71.9 Å². The van der Waals surface area contributed by atoms with Gasteiger partial charge in [-0.25, -0.2) is 17.9 Å². The highest BCUT2D eigenvalue weighted by molar-refractivity contribution is 7.91. The molecule has 0 radical (unpaired) electrons. The number of anilines is 1. The third-order valence-electron chi connectivity index (χ3n) is 5.15. The van der Waals surface area contributed by atoms with E-state index in [2.05, 4.69) is 10.4 Å². The lowest BCUT2D eigenvalue weighted by atomic mass is 10.2. The van der Waals surface area contributed by atoms with Gasteiger partial charge >= 0.3 is 5.97 Å². The van der Waals surface area contributed by atoms with Crippen LogP contribution in [0.4, 0.5) is 5.82 Å². The Balaban J connectivity index is 1.47. The standard InChI is InChI=1S/C23H23N3O5S/c1-2-32(29,30)20-11-7-6-10-18(20)23(28)31-15-22(27)24-21-14-19(16-12-13-16)25-26(21)17-8-4-3-5-9-17/h3-11,14,16H,2,12-13,15H2,1H3,(H,24,27). The van der Waals surface area contributed by atoms with Gasteiger partial charge in [-0.1, -0.05) is 37.3 Å². The van der Waals surface area contributed by atoms with E-state index in [0.29, 0.717) is 11.7 Å². The second-order valence-corrected chi connectivity index (χ2v) is 9.75. The fourth-order valence-electron chi connectivity index (χ4n) is 3.28. The highest BCUT2D eigenvalue weighted by Gasteiger charge is 2.28. The van der Waals surface area contributed by atoms with Crippen LogP contribution in [-0.2, 0) is 19.4 Å². The van der Waals surface area contributed by atoms with Crippen molar-refractivity contribution in [2.24, 2.45) is 0 Å². The number of carbonyl (C=O) groups is 2. The largest absolute Gasteiger partial charge is 0.452 e. The summed E-state index contributed by atoms with van der Waals surface area (Å²) in [6, 6.07) is 17.0. The van der Waals surface area contributed by atoms with Crippen molar-refractivity contribution < 1.29 is 22.7 Å². The second kappa shape index (κ2) is 8.96. The lowest BCUT2D eigenvalue weighted by Crippen LogP contribution is -2.23. The summed E-state index contributed by atoms with van der Waals surface area (Å²) in [5.74, 6) is -0.694. The predicted molar refractivity (Wildman–Crippen MR) is 119 cm³/mol. The lowest BCUT2D eigenvalue weighted by molar-refractivity contribution is -0.119. The Morgan fingerprint density at radius 2 is 1.78 bits per heavy atom. The molecule has 0 atom stereocenters. The molecule has 0 saturated heterocycles. The molecule has 0 aliphatic heterocycles. The fraction of sp³-hybridized carbons (Fsp3) is 0.261. The molecule has 1 fully saturated rings. The van der Waals surface area contributed by atoms with Gasteiger partial charge in [0.1, 0.15) is 5.82 Å². The van der Waals surface area contributed by atoms with Gasteiger partial charge in [-0.2, -0.15) is 5.10 Å². The van der Waals surface area contributed by atoms with E-state index in [1.54, 1.807) is 10.7 Å². The Labute approximate surface area is 186 Å². The molecule has 0 unspecified atom stereocenters. The minimum Gasteiger partial charge on any atom is -0.452 e. The maximum Gasteiger partial charge on any atom is 0.339 e. The molecule has 2 aromatic carbocycles. The summed E-state index contributed by atoms with van der Waals surface area (Å²) in [4.78, 5) is 24.9. The molecular formula is C23H23N3O5S. The van der Waals surface area contributed by atoms with E-state index in [0.717, 1.165) is 24.2 Å². The van der Waals surface area contributed by atoms with Gasteiger partial charge in [0.25, 0.3) is 5.91 Å². The first kappa shape index (κ1) is 21.8. The lowest BCUT2D eigenvalue weighted by Gasteiger charge is -2.11. The van der Waals surface area contributed by atoms with Crippen molar-refractivity contribution in [2.45, 2.75) is 30.6 Å². The van der Waals surface area contributed by atoms with Gasteiger partial charge in [0, 0.05) is 12.0 Å². The van der Waals surface area contributed by atoms with Crippen molar-refractivity contribution >= 4 is 27.5 Å². The van der Waals surface area contributed by atoms with E-state index in [1.165, 1.54) is 25.1 Å². The second-order valence-electron chi connectivity index (χ2n) is 7.50. The van der Waals surface area contributed by atoms with Crippen molar-refractivity contribution in [1.29, 1.82) is 0 Å². The van der Waals surface area contributed by atoms with Crippen LogP contribution < -0.4 is 5.32 Å². The van der Waals surface area contributed by atoms with Crippen LogP contribution in [0, 0.1) is 0 Å². The van der Waals surface area contributed by atoms with Crippen LogP contribution in [0.15, 0.2) is 65.6 Å². The van der Waals surface area contributed by atoms with Crippen molar-refractivity contribution in [3.8, 4) is 5.69 Å². The molecule has 1 aliphatic carbocycles. The van der Waals surface area contributed by atoms with Crippen LogP contribution in [0.5, 0.6) is 0 Å². The predicted octanol–water partition coefficient (Wildman–Crippen LogP) is 3.34. The number of nitrogens with one attached hydrogen (secondary N) is 1. The summed E-state index contributed by atoms with van der Waals surface area (Å²) < 4.78 is 31.2. The number of amides is 1. The van der Waals surface area contributed by atoms with Crippen LogP contribution in [0.2, 0.25) is 0 Å². The molecule has 1 saturated carbocycles. The van der Waals surface area contributed by atoms with Gasteiger partial charge in [0.05, 0.1) is 27.6 Å². The number of esters is 1. The molecule has 1 amide bonds. The van der Waals surface area contributed by atoms with E-state index in [-0.39, 0.29) is 16.2 Å². The van der Waals surface area contributed by atoms with E-state index in [4.69, 9.17) is 4.74 Å². The number of aromatic nitrogens is 2. The van der Waals surface area contributed by atoms with E-state index >= 15 is 0 Å². The highest BCUT2D eigenvalue weighted by Crippen LogP contribution is 2.40. The molecule has 1 aromatic heterocycles. The van der Waals surface area contributed by atoms with E-state index < -0.39 is 28.3 Å². The summed E-state index contributed by atoms with van der Waals surface area (Å²) in [5.41, 5.74) is 1.61. The molecule has 32 heavy (non-hydrogen) atoms. The van der Waals surface area contributed by atoms with Crippen molar-refractivity contribution in [1.82, 2.24) is 9.78 Å². The quantitative estimate of drug-likeness (QED) is 0.524. The number of hydrogen-bond acceptors (Lipinski definition) is 6. The third-order valence-corrected chi connectivity index (χ3v) is 6.93. The average Bonchev–Trinajstić information content (AvgIpc) is 3.58. The Bertz CT molecular complexity index is 1250. The SMILES string of the molecule is CCS(=O)(=O)c1ccccc1C(=O)OCC(=O)Nc1cc(C2CC2)nn1-c1ccccc1. The number of para-hydroxylation sites is 1. The van der Waals surface area contributed by atoms with Crippen LogP contribution in [0.3, 0.4) is 0 Å². The summed E-state index contributed by atoms with van der Waals surface area (Å²) in [7, 11) is -3.61. The molecule has 8 nitrogen and oxygen atoms in total. The maximum atomic E-state index is 12.5. The van der Waals surface area contributed by atoms with Gasteiger partial charge < -0.3 is 10.1 Å². The third kappa shape index (κ3) is 4.72. The van der Waals surface area contributed by atoms with Crippen LogP contribution in [0.25, 0.3) is 5.69 Å². The molecule has 166 valence electrons. The maximum absolute atomic E-state index is 12.5. The zero-order valence-electron chi connectivity index (χ0n) is 17.5. The monoisotopic (exact) mass is 453 g/mol. The molecule has 1 heterocycles. The summed E-state index contributed by atoms with van der Waals surface area (Å²) >= 11 is 0. The minimum absolute atomic E-state index is 0.0903.